The second-order valence-corrected chi connectivity index (χ2v) is 4.35. The zero-order chi connectivity index (χ0) is 13.1. The lowest BCUT2D eigenvalue weighted by Gasteiger charge is -2.05. The molecule has 0 spiro atoms. The molecule has 0 saturated heterocycles. The molecule has 18 heavy (non-hydrogen) atoms. The normalized spacial score (nSPS) is 10.4. The van der Waals surface area contributed by atoms with Crippen LogP contribution in [-0.4, -0.2) is 15.5 Å². The van der Waals surface area contributed by atoms with Gasteiger partial charge in [-0.2, -0.15) is 0 Å². The van der Waals surface area contributed by atoms with E-state index >= 15 is 0 Å². The average molecular weight is 243 g/mol. The van der Waals surface area contributed by atoms with Gasteiger partial charge in [0.15, 0.2) is 0 Å². The Bertz CT molecular complexity index is 558. The monoisotopic (exact) mass is 243 g/mol. The summed E-state index contributed by atoms with van der Waals surface area (Å²) in [5.41, 5.74) is 3.95. The minimum atomic E-state index is -0.142. The maximum absolute atomic E-state index is 11.8. The Morgan fingerprint density at radius 2 is 2.17 bits per heavy atom. The molecule has 0 radical (unpaired) electrons. The van der Waals surface area contributed by atoms with Gasteiger partial charge in [-0.3, -0.25) is 9.78 Å². The van der Waals surface area contributed by atoms with Crippen LogP contribution in [0.4, 0.5) is 0 Å². The Balaban J connectivity index is 2.04. The molecular formula is C14H17N3O. The lowest BCUT2D eigenvalue weighted by molar-refractivity contribution is 0.0946. The first-order chi connectivity index (χ1) is 8.59. The third-order valence-corrected chi connectivity index (χ3v) is 3.22. The SMILES string of the molecule is Cc1cc(CNC(=O)c2ccccn2)c(C)n1C. The fourth-order valence-corrected chi connectivity index (χ4v) is 1.88. The third kappa shape index (κ3) is 2.42. The van der Waals surface area contributed by atoms with Gasteiger partial charge in [0.2, 0.25) is 0 Å². The van der Waals surface area contributed by atoms with Crippen molar-refractivity contribution >= 4 is 5.91 Å². The molecule has 4 nitrogen and oxygen atoms in total. The van der Waals surface area contributed by atoms with Gasteiger partial charge in [0.1, 0.15) is 5.69 Å². The van der Waals surface area contributed by atoms with Gasteiger partial charge in [0.05, 0.1) is 0 Å². The second kappa shape index (κ2) is 5.04. The molecule has 0 bridgehead atoms. The average Bonchev–Trinajstić information content (AvgIpc) is 2.64. The maximum atomic E-state index is 11.8. The number of carbonyl (C=O) groups is 1. The van der Waals surface area contributed by atoms with Gasteiger partial charge in [-0.25, -0.2) is 0 Å². The first-order valence-electron chi connectivity index (χ1n) is 5.90. The van der Waals surface area contributed by atoms with Crippen molar-refractivity contribution in [3.8, 4) is 0 Å². The minimum absolute atomic E-state index is 0.142. The highest BCUT2D eigenvalue weighted by atomic mass is 16.1. The smallest absolute Gasteiger partial charge is 0.270 e. The molecule has 0 aliphatic carbocycles. The summed E-state index contributed by atoms with van der Waals surface area (Å²) in [6, 6.07) is 7.40. The lowest BCUT2D eigenvalue weighted by atomic mass is 10.2. The van der Waals surface area contributed by atoms with Gasteiger partial charge in [-0.1, -0.05) is 6.07 Å². The summed E-state index contributed by atoms with van der Waals surface area (Å²) >= 11 is 0. The summed E-state index contributed by atoms with van der Waals surface area (Å²) < 4.78 is 2.11. The third-order valence-electron chi connectivity index (χ3n) is 3.22. The van der Waals surface area contributed by atoms with Crippen LogP contribution in [0.1, 0.15) is 27.4 Å². The van der Waals surface area contributed by atoms with Crippen LogP contribution in [-0.2, 0) is 13.6 Å². The van der Waals surface area contributed by atoms with Crippen molar-refractivity contribution in [2.75, 3.05) is 0 Å². The van der Waals surface area contributed by atoms with E-state index in [1.807, 2.05) is 7.05 Å². The Kier molecular flexibility index (Phi) is 3.46. The first kappa shape index (κ1) is 12.4. The van der Waals surface area contributed by atoms with E-state index in [1.165, 1.54) is 11.4 Å². The molecule has 2 rings (SSSR count). The van der Waals surface area contributed by atoms with Crippen molar-refractivity contribution in [1.29, 1.82) is 0 Å². The predicted octanol–water partition coefficient (Wildman–Crippen LogP) is 1.97. The summed E-state index contributed by atoms with van der Waals surface area (Å²) in [4.78, 5) is 15.9. The van der Waals surface area contributed by atoms with Crippen molar-refractivity contribution in [1.82, 2.24) is 14.9 Å². The van der Waals surface area contributed by atoms with Crippen molar-refractivity contribution < 1.29 is 4.79 Å². The highest BCUT2D eigenvalue weighted by molar-refractivity contribution is 5.92. The molecule has 0 fully saturated rings. The fourth-order valence-electron chi connectivity index (χ4n) is 1.88. The molecule has 0 aliphatic rings. The highest BCUT2D eigenvalue weighted by Gasteiger charge is 2.09. The Morgan fingerprint density at radius 1 is 1.39 bits per heavy atom. The number of hydrogen-bond donors (Lipinski definition) is 1. The summed E-state index contributed by atoms with van der Waals surface area (Å²) in [7, 11) is 2.02. The molecule has 0 aromatic carbocycles. The molecule has 94 valence electrons. The van der Waals surface area contributed by atoms with Gasteiger partial charge < -0.3 is 9.88 Å². The van der Waals surface area contributed by atoms with E-state index in [1.54, 1.807) is 24.4 Å². The van der Waals surface area contributed by atoms with Crippen LogP contribution in [0.5, 0.6) is 0 Å². The van der Waals surface area contributed by atoms with Crippen molar-refractivity contribution in [2.24, 2.45) is 7.05 Å². The molecule has 0 aliphatic heterocycles. The van der Waals surface area contributed by atoms with Gasteiger partial charge in [-0.05, 0) is 37.6 Å². The van der Waals surface area contributed by atoms with Crippen LogP contribution >= 0.6 is 0 Å². The van der Waals surface area contributed by atoms with Crippen molar-refractivity contribution in [3.63, 3.8) is 0 Å². The molecule has 2 aromatic rings. The van der Waals surface area contributed by atoms with Crippen LogP contribution in [0.25, 0.3) is 0 Å². The number of pyridine rings is 1. The van der Waals surface area contributed by atoms with Gasteiger partial charge in [0, 0.05) is 31.2 Å². The number of nitrogens with zero attached hydrogens (tertiary/aromatic N) is 2. The Labute approximate surface area is 107 Å². The molecule has 2 aromatic heterocycles. The number of aromatic nitrogens is 2. The summed E-state index contributed by atoms with van der Waals surface area (Å²) in [5.74, 6) is -0.142. The van der Waals surface area contributed by atoms with E-state index in [-0.39, 0.29) is 5.91 Å². The fraction of sp³-hybridized carbons (Fsp3) is 0.286. The first-order valence-corrected chi connectivity index (χ1v) is 5.90. The Hall–Kier alpha value is -2.10. The number of nitrogens with one attached hydrogen (secondary N) is 1. The van der Waals surface area contributed by atoms with Crippen LogP contribution in [0.2, 0.25) is 0 Å². The van der Waals surface area contributed by atoms with Gasteiger partial charge >= 0.3 is 0 Å². The maximum Gasteiger partial charge on any atom is 0.270 e. The Morgan fingerprint density at radius 3 is 2.72 bits per heavy atom. The molecule has 1 amide bonds. The molecule has 0 saturated carbocycles. The van der Waals surface area contributed by atoms with Crippen molar-refractivity contribution in [2.45, 2.75) is 20.4 Å². The molecule has 1 N–H and O–H groups in total. The van der Waals surface area contributed by atoms with Crippen LogP contribution in [0.3, 0.4) is 0 Å². The largest absolute Gasteiger partial charge is 0.352 e. The van der Waals surface area contributed by atoms with Gasteiger partial charge in [0.25, 0.3) is 5.91 Å². The van der Waals surface area contributed by atoms with Crippen LogP contribution in [0, 0.1) is 13.8 Å². The zero-order valence-corrected chi connectivity index (χ0v) is 10.9. The molecule has 0 atom stereocenters. The van der Waals surface area contributed by atoms with Gasteiger partial charge in [-0.15, -0.1) is 0 Å². The van der Waals surface area contributed by atoms with E-state index in [2.05, 4.69) is 34.8 Å². The quantitative estimate of drug-likeness (QED) is 0.895. The molecule has 2 heterocycles. The predicted molar refractivity (Wildman–Crippen MR) is 70.3 cm³/mol. The van der Waals surface area contributed by atoms with E-state index in [0.29, 0.717) is 12.2 Å². The number of carbonyl (C=O) groups excluding carboxylic acids is 1. The number of aryl methyl sites for hydroxylation is 1. The summed E-state index contributed by atoms with van der Waals surface area (Å²) in [6.07, 6.45) is 1.62. The van der Waals surface area contributed by atoms with E-state index < -0.39 is 0 Å². The lowest BCUT2D eigenvalue weighted by Crippen LogP contribution is -2.23. The van der Waals surface area contributed by atoms with E-state index in [9.17, 15) is 4.79 Å². The molecule has 0 unspecified atom stereocenters. The number of rotatable bonds is 3. The minimum Gasteiger partial charge on any atom is -0.352 e. The molecule has 4 heteroatoms. The number of hydrogen-bond acceptors (Lipinski definition) is 2. The number of amides is 1. The zero-order valence-electron chi connectivity index (χ0n) is 10.9. The second-order valence-electron chi connectivity index (χ2n) is 4.35. The van der Waals surface area contributed by atoms with E-state index in [0.717, 1.165) is 5.56 Å². The summed E-state index contributed by atoms with van der Waals surface area (Å²) in [5, 5.41) is 2.88. The van der Waals surface area contributed by atoms with Crippen molar-refractivity contribution in [3.05, 3.63) is 53.1 Å². The highest BCUT2D eigenvalue weighted by Crippen LogP contribution is 2.12. The standard InChI is InChI=1S/C14H17N3O/c1-10-8-12(11(2)17(10)3)9-16-14(18)13-6-4-5-7-15-13/h4-8H,9H2,1-3H3,(H,16,18). The van der Waals surface area contributed by atoms with E-state index in [4.69, 9.17) is 0 Å². The van der Waals surface area contributed by atoms with Crippen LogP contribution < -0.4 is 5.32 Å². The van der Waals surface area contributed by atoms with Crippen LogP contribution in [0.15, 0.2) is 30.5 Å². The summed E-state index contributed by atoms with van der Waals surface area (Å²) in [6.45, 7) is 4.63. The molecular weight excluding hydrogens is 226 g/mol. The topological polar surface area (TPSA) is 46.9 Å².